The molecule has 6 nitrogen and oxygen atoms in total. The summed E-state index contributed by atoms with van der Waals surface area (Å²) in [6.07, 6.45) is -0.0211. The zero-order chi connectivity index (χ0) is 20.7. The zero-order valence-electron chi connectivity index (χ0n) is 14.9. The minimum absolute atomic E-state index is 0.0211. The van der Waals surface area contributed by atoms with Crippen molar-refractivity contribution >= 4 is 31.9 Å². The van der Waals surface area contributed by atoms with E-state index in [0.29, 0.717) is 4.47 Å². The molecule has 0 aliphatic rings. The van der Waals surface area contributed by atoms with E-state index in [1.54, 1.807) is 37.4 Å². The Morgan fingerprint density at radius 3 is 2.43 bits per heavy atom. The van der Waals surface area contributed by atoms with Crippen molar-refractivity contribution in [2.45, 2.75) is 24.5 Å². The Labute approximate surface area is 170 Å². The molecule has 0 bridgehead atoms. The van der Waals surface area contributed by atoms with Crippen LogP contribution < -0.4 is 9.46 Å². The van der Waals surface area contributed by atoms with Crippen LogP contribution in [0.15, 0.2) is 57.9 Å². The van der Waals surface area contributed by atoms with Gasteiger partial charge in [-0.05, 0) is 45.8 Å². The Hall–Kier alpha value is -2.04. The highest BCUT2D eigenvalue weighted by molar-refractivity contribution is 9.10. The highest BCUT2D eigenvalue weighted by atomic mass is 79.9. The first-order valence-corrected chi connectivity index (χ1v) is 10.5. The fourth-order valence-electron chi connectivity index (χ4n) is 2.36. The van der Waals surface area contributed by atoms with E-state index in [-0.39, 0.29) is 36.1 Å². The molecule has 0 aliphatic heterocycles. The molecule has 0 atom stereocenters. The largest absolute Gasteiger partial charge is 0.435 e. The highest BCUT2D eigenvalue weighted by Gasteiger charge is 2.18. The smallest absolute Gasteiger partial charge is 0.387 e. The molecule has 0 radical (unpaired) electrons. The summed E-state index contributed by atoms with van der Waals surface area (Å²) in [4.78, 5) is 13.7. The third kappa shape index (κ3) is 6.54. The number of halogens is 3. The Kier molecular flexibility index (Phi) is 7.90. The normalized spacial score (nSPS) is 11.5. The molecule has 0 aliphatic carbocycles. The van der Waals surface area contributed by atoms with E-state index in [1.807, 2.05) is 0 Å². The lowest BCUT2D eigenvalue weighted by Crippen LogP contribution is -2.32. The molecule has 2 aromatic carbocycles. The molecule has 0 saturated carbocycles. The fourth-order valence-corrected chi connectivity index (χ4v) is 4.39. The Balaban J connectivity index is 1.85. The molecule has 0 saturated heterocycles. The van der Waals surface area contributed by atoms with Crippen molar-refractivity contribution in [3.05, 3.63) is 58.6 Å². The first-order chi connectivity index (χ1) is 13.2. The monoisotopic (exact) mass is 476 g/mol. The lowest BCUT2D eigenvalue weighted by molar-refractivity contribution is -0.130. The number of ether oxygens (including phenoxy) is 1. The minimum atomic E-state index is -3.73. The summed E-state index contributed by atoms with van der Waals surface area (Å²) < 4.78 is 55.9. The third-order valence-corrected chi connectivity index (χ3v) is 6.22. The van der Waals surface area contributed by atoms with Crippen LogP contribution in [0.3, 0.4) is 0 Å². The van der Waals surface area contributed by atoms with Crippen LogP contribution in [0.25, 0.3) is 0 Å². The van der Waals surface area contributed by atoms with E-state index < -0.39 is 16.6 Å². The molecule has 1 amide bonds. The maximum absolute atomic E-state index is 12.3. The molecule has 10 heteroatoms. The van der Waals surface area contributed by atoms with E-state index in [1.165, 1.54) is 23.1 Å². The first kappa shape index (κ1) is 22.3. The van der Waals surface area contributed by atoms with Gasteiger partial charge in [-0.25, -0.2) is 13.1 Å². The van der Waals surface area contributed by atoms with Gasteiger partial charge in [-0.15, -0.1) is 0 Å². The molecule has 0 fully saturated rings. The predicted octanol–water partition coefficient (Wildman–Crippen LogP) is 3.38. The van der Waals surface area contributed by atoms with Gasteiger partial charge in [-0.2, -0.15) is 8.78 Å². The number of nitrogens with one attached hydrogen (secondary N) is 1. The Bertz CT molecular complexity index is 908. The Morgan fingerprint density at radius 2 is 1.82 bits per heavy atom. The average Bonchev–Trinajstić information content (AvgIpc) is 2.62. The molecule has 28 heavy (non-hydrogen) atoms. The van der Waals surface area contributed by atoms with Crippen molar-refractivity contribution in [2.75, 3.05) is 13.6 Å². The lowest BCUT2D eigenvalue weighted by Gasteiger charge is -2.18. The number of rotatable bonds is 9. The van der Waals surface area contributed by atoms with E-state index in [4.69, 9.17) is 0 Å². The van der Waals surface area contributed by atoms with Gasteiger partial charge in [0.15, 0.2) is 0 Å². The topological polar surface area (TPSA) is 75.7 Å². The maximum Gasteiger partial charge on any atom is 0.387 e. The minimum Gasteiger partial charge on any atom is -0.435 e. The van der Waals surface area contributed by atoms with Crippen LogP contribution >= 0.6 is 15.9 Å². The number of amides is 1. The van der Waals surface area contributed by atoms with Crippen LogP contribution in [0.2, 0.25) is 0 Å². The molecule has 2 aromatic rings. The molecule has 0 unspecified atom stereocenters. The van der Waals surface area contributed by atoms with E-state index in [2.05, 4.69) is 25.4 Å². The van der Waals surface area contributed by atoms with Crippen LogP contribution in [0.4, 0.5) is 8.78 Å². The van der Waals surface area contributed by atoms with Gasteiger partial charge < -0.3 is 9.64 Å². The van der Waals surface area contributed by atoms with Crippen molar-refractivity contribution in [1.82, 2.24) is 9.62 Å². The average molecular weight is 477 g/mol. The molecule has 0 aromatic heterocycles. The summed E-state index contributed by atoms with van der Waals surface area (Å²) in [5.74, 6) is -0.225. The molecule has 1 N–H and O–H groups in total. The number of sulfonamides is 1. The van der Waals surface area contributed by atoms with Crippen molar-refractivity contribution in [3.63, 3.8) is 0 Å². The molecular formula is C18H19BrF2N2O4S. The summed E-state index contributed by atoms with van der Waals surface area (Å²) in [6, 6.07) is 12.3. The number of nitrogens with zero attached hydrogens (tertiary/aromatic N) is 1. The van der Waals surface area contributed by atoms with E-state index in [9.17, 15) is 22.0 Å². The van der Waals surface area contributed by atoms with Gasteiger partial charge in [0.1, 0.15) is 5.75 Å². The van der Waals surface area contributed by atoms with Gasteiger partial charge in [0.2, 0.25) is 15.9 Å². The van der Waals surface area contributed by atoms with Crippen molar-refractivity contribution in [2.24, 2.45) is 0 Å². The second kappa shape index (κ2) is 9.94. The van der Waals surface area contributed by atoms with Crippen LogP contribution in [-0.4, -0.2) is 39.4 Å². The number of hydrogen-bond donors (Lipinski definition) is 1. The summed E-state index contributed by atoms with van der Waals surface area (Å²) in [7, 11) is -2.15. The quantitative estimate of drug-likeness (QED) is 0.601. The van der Waals surface area contributed by atoms with Gasteiger partial charge in [-0.1, -0.05) is 24.3 Å². The first-order valence-electron chi connectivity index (χ1n) is 8.21. The second-order valence-electron chi connectivity index (χ2n) is 5.85. The molecule has 0 heterocycles. The summed E-state index contributed by atoms with van der Waals surface area (Å²) in [5, 5.41) is 0. The maximum atomic E-state index is 12.3. The number of alkyl halides is 2. The fraction of sp³-hybridized carbons (Fsp3) is 0.278. The van der Waals surface area contributed by atoms with Gasteiger partial charge >= 0.3 is 6.61 Å². The van der Waals surface area contributed by atoms with Gasteiger partial charge in [0.25, 0.3) is 0 Å². The van der Waals surface area contributed by atoms with Crippen LogP contribution in [0.1, 0.15) is 12.0 Å². The van der Waals surface area contributed by atoms with Crippen LogP contribution in [-0.2, 0) is 21.4 Å². The van der Waals surface area contributed by atoms with Crippen molar-refractivity contribution in [1.29, 1.82) is 0 Å². The lowest BCUT2D eigenvalue weighted by atomic mass is 10.2. The number of carbonyl (C=O) groups is 1. The number of hydrogen-bond acceptors (Lipinski definition) is 4. The van der Waals surface area contributed by atoms with Crippen LogP contribution in [0.5, 0.6) is 5.75 Å². The summed E-state index contributed by atoms with van der Waals surface area (Å²) in [5.41, 5.74) is 0.728. The van der Waals surface area contributed by atoms with E-state index in [0.717, 1.165) is 5.56 Å². The van der Waals surface area contributed by atoms with Gasteiger partial charge in [0, 0.05) is 31.0 Å². The number of carbonyl (C=O) groups excluding carboxylic acids is 1. The van der Waals surface area contributed by atoms with Gasteiger partial charge in [0.05, 0.1) is 4.90 Å². The zero-order valence-corrected chi connectivity index (χ0v) is 17.3. The van der Waals surface area contributed by atoms with Crippen molar-refractivity contribution < 1.29 is 26.7 Å². The molecule has 2 rings (SSSR count). The predicted molar refractivity (Wildman–Crippen MR) is 103 cm³/mol. The molecule has 152 valence electrons. The van der Waals surface area contributed by atoms with Crippen LogP contribution in [0, 0.1) is 0 Å². The number of benzene rings is 2. The standard InChI is InChI=1S/C18H19BrF2N2O4S/c1-23(12-13-6-8-14(9-7-13)27-18(20)21)17(24)10-11-22-28(25,26)16-5-3-2-4-15(16)19/h2-9,18,22H,10-12H2,1H3. The highest BCUT2D eigenvalue weighted by Crippen LogP contribution is 2.21. The summed E-state index contributed by atoms with van der Waals surface area (Å²) in [6.45, 7) is -2.69. The molecular weight excluding hydrogens is 458 g/mol. The van der Waals surface area contributed by atoms with Crippen molar-refractivity contribution in [3.8, 4) is 5.75 Å². The van der Waals surface area contributed by atoms with E-state index >= 15 is 0 Å². The SMILES string of the molecule is CN(Cc1ccc(OC(F)F)cc1)C(=O)CCNS(=O)(=O)c1ccccc1Br. The second-order valence-corrected chi connectivity index (χ2v) is 8.44. The Morgan fingerprint density at radius 1 is 1.18 bits per heavy atom. The third-order valence-electron chi connectivity index (χ3n) is 3.75. The molecule has 0 spiro atoms. The van der Waals surface area contributed by atoms with Gasteiger partial charge in [-0.3, -0.25) is 4.79 Å². The summed E-state index contributed by atoms with van der Waals surface area (Å²) >= 11 is 3.19.